The van der Waals surface area contributed by atoms with Crippen LogP contribution in [0, 0.1) is 18.3 Å². The summed E-state index contributed by atoms with van der Waals surface area (Å²) in [4.78, 5) is 0. The standard InChI is InChI=1S/C44H24BN3O/c1-24-31(26-19-17-25(23-46)18-20-26)22-37-41-39(24)33-21-32-28-10-4-7-16-38(28)49-44(32)40-30-11-3-6-15-36(30)48(43(33)40)45(41)34-13-8-12-29-27-9-2-5-14-35(27)47(37)42(29)34/h2-22H,1H3. The Morgan fingerprint density at radius 3 is 2.22 bits per heavy atom. The molecule has 0 amide bonds. The molecule has 3 aromatic heterocycles. The number of nitriles is 1. The van der Waals surface area contributed by atoms with Gasteiger partial charge in [-0.2, -0.15) is 5.26 Å². The molecule has 0 aliphatic carbocycles. The zero-order valence-electron chi connectivity index (χ0n) is 26.5. The Bertz CT molecular complexity index is 3190. The van der Waals surface area contributed by atoms with Crippen LogP contribution in [0.4, 0.5) is 0 Å². The third-order valence-electron chi connectivity index (χ3n) is 11.3. The molecule has 7 aromatic carbocycles. The fourth-order valence-electron chi connectivity index (χ4n) is 9.38. The molecule has 0 atom stereocenters. The van der Waals surface area contributed by atoms with Crippen LogP contribution in [0.1, 0.15) is 11.1 Å². The van der Waals surface area contributed by atoms with E-state index in [1.165, 1.54) is 82.5 Å². The highest BCUT2D eigenvalue weighted by Crippen LogP contribution is 2.49. The molecule has 0 saturated heterocycles. The van der Waals surface area contributed by atoms with Crippen molar-refractivity contribution in [2.75, 3.05) is 0 Å². The molecule has 4 nitrogen and oxygen atoms in total. The third kappa shape index (κ3) is 2.94. The zero-order valence-corrected chi connectivity index (χ0v) is 26.5. The summed E-state index contributed by atoms with van der Waals surface area (Å²) in [5.74, 6) is 0. The molecule has 224 valence electrons. The number of aromatic nitrogens is 2. The van der Waals surface area contributed by atoms with Crippen LogP contribution in [0.15, 0.2) is 132 Å². The van der Waals surface area contributed by atoms with E-state index in [0.29, 0.717) is 5.56 Å². The first-order valence-corrected chi connectivity index (χ1v) is 16.8. The molecule has 5 heteroatoms. The van der Waals surface area contributed by atoms with E-state index >= 15 is 0 Å². The van der Waals surface area contributed by atoms with Crippen LogP contribution in [-0.4, -0.2) is 15.9 Å². The molecule has 2 aliphatic rings. The van der Waals surface area contributed by atoms with E-state index in [-0.39, 0.29) is 6.85 Å². The molecule has 0 unspecified atom stereocenters. The van der Waals surface area contributed by atoms with Crippen LogP contribution < -0.4 is 10.9 Å². The Kier molecular flexibility index (Phi) is 4.53. The van der Waals surface area contributed by atoms with Gasteiger partial charge in [0.05, 0.1) is 28.1 Å². The molecule has 0 fully saturated rings. The molecule has 0 radical (unpaired) electrons. The number of nitrogens with zero attached hydrogens (tertiary/aromatic N) is 3. The van der Waals surface area contributed by atoms with Gasteiger partial charge < -0.3 is 13.5 Å². The number of furan rings is 1. The summed E-state index contributed by atoms with van der Waals surface area (Å²) < 4.78 is 11.9. The van der Waals surface area contributed by atoms with E-state index in [4.69, 9.17) is 4.42 Å². The topological polar surface area (TPSA) is 46.8 Å². The number of rotatable bonds is 1. The monoisotopic (exact) mass is 621 g/mol. The Hall–Kier alpha value is -6.51. The Morgan fingerprint density at radius 2 is 1.39 bits per heavy atom. The summed E-state index contributed by atoms with van der Waals surface area (Å²) in [6.45, 7) is 2.25. The zero-order chi connectivity index (χ0) is 32.1. The van der Waals surface area contributed by atoms with Crippen molar-refractivity contribution in [1.82, 2.24) is 9.05 Å². The molecule has 0 bridgehead atoms. The molecule has 0 spiro atoms. The maximum absolute atomic E-state index is 9.60. The van der Waals surface area contributed by atoms with E-state index in [1.807, 2.05) is 12.1 Å². The molecule has 2 aliphatic heterocycles. The van der Waals surface area contributed by atoms with Crippen molar-refractivity contribution >= 4 is 83.3 Å². The molecule has 0 saturated carbocycles. The lowest BCUT2D eigenvalue weighted by molar-refractivity contribution is 0.673. The van der Waals surface area contributed by atoms with Crippen molar-refractivity contribution in [2.45, 2.75) is 6.92 Å². The Balaban J connectivity index is 1.36. The number of hydrogen-bond acceptors (Lipinski definition) is 2. The summed E-state index contributed by atoms with van der Waals surface area (Å²) in [6, 6.07) is 48.1. The first-order chi connectivity index (χ1) is 24.2. The summed E-state index contributed by atoms with van der Waals surface area (Å²) in [5.41, 5.74) is 17.3. The molecule has 5 heterocycles. The highest BCUT2D eigenvalue weighted by atomic mass is 16.3. The van der Waals surface area contributed by atoms with Gasteiger partial charge in [0, 0.05) is 49.2 Å². The molecule has 12 rings (SSSR count). The van der Waals surface area contributed by atoms with E-state index in [2.05, 4.69) is 137 Å². The van der Waals surface area contributed by atoms with Crippen LogP contribution in [-0.2, 0) is 0 Å². The van der Waals surface area contributed by atoms with Crippen molar-refractivity contribution in [3.8, 4) is 34.0 Å². The van der Waals surface area contributed by atoms with Crippen LogP contribution in [0.5, 0.6) is 0 Å². The second-order valence-electron chi connectivity index (χ2n) is 13.6. The van der Waals surface area contributed by atoms with E-state index < -0.39 is 0 Å². The third-order valence-corrected chi connectivity index (χ3v) is 11.3. The van der Waals surface area contributed by atoms with Gasteiger partial charge in [0.25, 0.3) is 0 Å². The van der Waals surface area contributed by atoms with Crippen molar-refractivity contribution in [1.29, 1.82) is 5.26 Å². The average Bonchev–Trinajstić information content (AvgIpc) is 3.81. The van der Waals surface area contributed by atoms with Gasteiger partial charge in [0.2, 0.25) is 0 Å². The largest absolute Gasteiger partial charge is 0.455 e. The smallest absolute Gasteiger partial charge is 0.333 e. The molecular weight excluding hydrogens is 597 g/mol. The van der Waals surface area contributed by atoms with Gasteiger partial charge >= 0.3 is 6.85 Å². The number of hydrogen-bond donors (Lipinski definition) is 0. The molecule has 0 N–H and O–H groups in total. The Morgan fingerprint density at radius 1 is 0.653 bits per heavy atom. The SMILES string of the molecule is Cc1c(-c2ccc(C#N)cc2)cc2c3c1-c1cc4c5ccccc5oc4c4c5ccccc5n(c14)B3c1cccc3c4ccccc4n-2c13. The maximum Gasteiger partial charge on any atom is 0.333 e. The van der Waals surface area contributed by atoms with Crippen LogP contribution in [0.3, 0.4) is 0 Å². The average molecular weight is 622 g/mol. The second kappa shape index (κ2) is 8.69. The van der Waals surface area contributed by atoms with Gasteiger partial charge in [-0.05, 0) is 82.6 Å². The van der Waals surface area contributed by atoms with Gasteiger partial charge in [0.1, 0.15) is 11.2 Å². The summed E-state index contributed by atoms with van der Waals surface area (Å²) in [7, 11) is 0. The van der Waals surface area contributed by atoms with Gasteiger partial charge in [-0.1, -0.05) is 84.9 Å². The molecular formula is C44H24BN3O. The minimum absolute atomic E-state index is 0.0315. The van der Waals surface area contributed by atoms with Crippen molar-refractivity contribution < 1.29 is 4.42 Å². The van der Waals surface area contributed by atoms with Crippen LogP contribution in [0.25, 0.3) is 93.5 Å². The fraction of sp³-hybridized carbons (Fsp3) is 0.0227. The minimum Gasteiger partial charge on any atom is -0.455 e. The number of benzene rings is 7. The number of para-hydroxylation sites is 4. The second-order valence-corrected chi connectivity index (χ2v) is 13.6. The lowest BCUT2D eigenvalue weighted by atomic mass is 9.45. The van der Waals surface area contributed by atoms with Crippen molar-refractivity contribution in [3.05, 3.63) is 139 Å². The highest BCUT2D eigenvalue weighted by Gasteiger charge is 2.43. The minimum atomic E-state index is -0.0315. The highest BCUT2D eigenvalue weighted by molar-refractivity contribution is 6.90. The van der Waals surface area contributed by atoms with Gasteiger partial charge in [-0.3, -0.25) is 0 Å². The van der Waals surface area contributed by atoms with Crippen LogP contribution >= 0.6 is 0 Å². The maximum atomic E-state index is 9.60. The normalized spacial score (nSPS) is 12.9. The van der Waals surface area contributed by atoms with E-state index in [9.17, 15) is 5.26 Å². The van der Waals surface area contributed by atoms with Crippen molar-refractivity contribution in [2.24, 2.45) is 0 Å². The van der Waals surface area contributed by atoms with Gasteiger partial charge in [-0.15, -0.1) is 0 Å². The summed E-state index contributed by atoms with van der Waals surface area (Å²) in [5, 5.41) is 16.8. The predicted molar refractivity (Wildman–Crippen MR) is 202 cm³/mol. The molecule has 10 aromatic rings. The first-order valence-electron chi connectivity index (χ1n) is 16.8. The van der Waals surface area contributed by atoms with Crippen molar-refractivity contribution in [3.63, 3.8) is 0 Å². The lowest BCUT2D eigenvalue weighted by Gasteiger charge is -2.35. The number of fused-ring (bicyclic) bond motifs is 14. The van der Waals surface area contributed by atoms with E-state index in [1.54, 1.807) is 0 Å². The summed E-state index contributed by atoms with van der Waals surface area (Å²) >= 11 is 0. The lowest BCUT2D eigenvalue weighted by Crippen LogP contribution is -2.55. The Labute approximate surface area is 280 Å². The van der Waals surface area contributed by atoms with Gasteiger partial charge in [-0.25, -0.2) is 0 Å². The fourth-order valence-corrected chi connectivity index (χ4v) is 9.38. The van der Waals surface area contributed by atoms with E-state index in [0.717, 1.165) is 27.5 Å². The van der Waals surface area contributed by atoms with Gasteiger partial charge in [0.15, 0.2) is 0 Å². The summed E-state index contributed by atoms with van der Waals surface area (Å²) in [6.07, 6.45) is 0. The quantitative estimate of drug-likeness (QED) is 0.171. The molecule has 49 heavy (non-hydrogen) atoms. The first kappa shape index (κ1) is 25.6. The predicted octanol–water partition coefficient (Wildman–Crippen LogP) is 9.59. The van der Waals surface area contributed by atoms with Crippen LogP contribution in [0.2, 0.25) is 0 Å².